The average molecular weight is 376 g/mol. The summed E-state index contributed by atoms with van der Waals surface area (Å²) in [6, 6.07) is 11.3. The quantitative estimate of drug-likeness (QED) is 0.895. The van der Waals surface area contributed by atoms with Crippen LogP contribution in [0, 0.1) is 0 Å². The summed E-state index contributed by atoms with van der Waals surface area (Å²) in [5.74, 6) is 0.930. The van der Waals surface area contributed by atoms with Crippen molar-refractivity contribution in [3.8, 4) is 11.6 Å². The highest BCUT2D eigenvalue weighted by Crippen LogP contribution is 2.26. The van der Waals surface area contributed by atoms with Crippen molar-refractivity contribution in [1.82, 2.24) is 15.2 Å². The Morgan fingerprint density at radius 2 is 2.26 bits per heavy atom. The average Bonchev–Trinajstić information content (AvgIpc) is 2.55. The van der Waals surface area contributed by atoms with Crippen LogP contribution >= 0.6 is 15.9 Å². The second-order valence-electron chi connectivity index (χ2n) is 5.52. The van der Waals surface area contributed by atoms with Gasteiger partial charge in [0.15, 0.2) is 0 Å². The van der Waals surface area contributed by atoms with E-state index >= 15 is 0 Å². The van der Waals surface area contributed by atoms with Gasteiger partial charge in [0.25, 0.3) is 5.91 Å². The van der Waals surface area contributed by atoms with Crippen molar-refractivity contribution in [2.75, 3.05) is 19.6 Å². The van der Waals surface area contributed by atoms with Crippen LogP contribution < -0.4 is 10.1 Å². The minimum absolute atomic E-state index is 0.0450. The molecule has 1 aliphatic rings. The topological polar surface area (TPSA) is 54.5 Å². The van der Waals surface area contributed by atoms with Crippen molar-refractivity contribution in [2.45, 2.75) is 13.0 Å². The molecule has 2 aromatic rings. The Morgan fingerprint density at radius 3 is 3.04 bits per heavy atom. The molecule has 1 aliphatic heterocycles. The molecule has 5 nitrogen and oxygen atoms in total. The fourth-order valence-electron chi connectivity index (χ4n) is 2.56. The van der Waals surface area contributed by atoms with Crippen LogP contribution in [-0.2, 0) is 0 Å². The molecule has 1 amide bonds. The van der Waals surface area contributed by atoms with Crippen LogP contribution in [0.1, 0.15) is 17.3 Å². The summed E-state index contributed by atoms with van der Waals surface area (Å²) in [6.45, 7) is 4.25. The molecule has 0 aliphatic carbocycles. The van der Waals surface area contributed by atoms with Gasteiger partial charge in [-0.05, 0) is 37.3 Å². The number of hydrogen-bond acceptors (Lipinski definition) is 4. The summed E-state index contributed by atoms with van der Waals surface area (Å²) in [5.41, 5.74) is 0.488. The lowest BCUT2D eigenvalue weighted by Gasteiger charge is -2.32. The van der Waals surface area contributed by atoms with E-state index in [0.717, 1.165) is 11.0 Å². The summed E-state index contributed by atoms with van der Waals surface area (Å²) in [7, 11) is 0. The van der Waals surface area contributed by atoms with Crippen LogP contribution in [0.5, 0.6) is 11.6 Å². The van der Waals surface area contributed by atoms with E-state index in [1.165, 1.54) is 0 Å². The molecule has 0 bridgehead atoms. The van der Waals surface area contributed by atoms with Gasteiger partial charge < -0.3 is 15.0 Å². The lowest BCUT2D eigenvalue weighted by Crippen LogP contribution is -2.51. The Morgan fingerprint density at radius 1 is 1.39 bits per heavy atom. The van der Waals surface area contributed by atoms with Crippen LogP contribution in [0.3, 0.4) is 0 Å². The van der Waals surface area contributed by atoms with Crippen molar-refractivity contribution < 1.29 is 9.53 Å². The SMILES string of the molecule is CC1CN(C(=O)c2cccnc2Oc2cccc(Br)c2)CCN1. The Bertz CT molecular complexity index is 708. The summed E-state index contributed by atoms with van der Waals surface area (Å²) in [6.07, 6.45) is 1.63. The van der Waals surface area contributed by atoms with Gasteiger partial charge in [0.05, 0.1) is 0 Å². The number of carbonyl (C=O) groups excluding carboxylic acids is 1. The van der Waals surface area contributed by atoms with Gasteiger partial charge in [-0.1, -0.05) is 22.0 Å². The Kier molecular flexibility index (Phi) is 4.93. The maximum Gasteiger partial charge on any atom is 0.259 e. The first kappa shape index (κ1) is 16.0. The van der Waals surface area contributed by atoms with E-state index in [-0.39, 0.29) is 5.91 Å². The van der Waals surface area contributed by atoms with Gasteiger partial charge in [-0.15, -0.1) is 0 Å². The number of pyridine rings is 1. The first-order valence-corrected chi connectivity index (χ1v) is 8.34. The molecule has 6 heteroatoms. The third kappa shape index (κ3) is 3.89. The zero-order chi connectivity index (χ0) is 16.2. The summed E-state index contributed by atoms with van der Waals surface area (Å²) in [4.78, 5) is 18.9. The molecular formula is C17H18BrN3O2. The van der Waals surface area contributed by atoms with Gasteiger partial charge in [-0.3, -0.25) is 4.79 Å². The first-order valence-electron chi connectivity index (χ1n) is 7.54. The summed E-state index contributed by atoms with van der Waals surface area (Å²) < 4.78 is 6.74. The van der Waals surface area contributed by atoms with Crippen LogP contribution in [0.25, 0.3) is 0 Å². The third-order valence-electron chi connectivity index (χ3n) is 3.67. The minimum atomic E-state index is -0.0450. The van der Waals surface area contributed by atoms with Crippen LogP contribution in [0.4, 0.5) is 0 Å². The van der Waals surface area contributed by atoms with E-state index in [4.69, 9.17) is 4.74 Å². The Hall–Kier alpha value is -1.92. The van der Waals surface area contributed by atoms with Gasteiger partial charge in [0.2, 0.25) is 5.88 Å². The predicted molar refractivity (Wildman–Crippen MR) is 91.8 cm³/mol. The van der Waals surface area contributed by atoms with Crippen LogP contribution in [-0.4, -0.2) is 41.5 Å². The maximum absolute atomic E-state index is 12.8. The van der Waals surface area contributed by atoms with Crippen molar-refractivity contribution in [3.63, 3.8) is 0 Å². The number of carbonyl (C=O) groups is 1. The number of halogens is 1. The van der Waals surface area contributed by atoms with Crippen molar-refractivity contribution in [1.29, 1.82) is 0 Å². The van der Waals surface area contributed by atoms with Crippen LogP contribution in [0.2, 0.25) is 0 Å². The molecule has 2 heterocycles. The molecule has 3 rings (SSSR count). The second kappa shape index (κ2) is 7.10. The monoisotopic (exact) mass is 375 g/mol. The van der Waals surface area contributed by atoms with Crippen molar-refractivity contribution >= 4 is 21.8 Å². The summed E-state index contributed by atoms with van der Waals surface area (Å²) in [5, 5.41) is 3.33. The van der Waals surface area contributed by atoms with Gasteiger partial charge >= 0.3 is 0 Å². The molecule has 1 aromatic carbocycles. The number of ether oxygens (including phenoxy) is 1. The molecule has 120 valence electrons. The van der Waals surface area contributed by atoms with Gasteiger partial charge in [0.1, 0.15) is 11.3 Å². The van der Waals surface area contributed by atoms with E-state index in [2.05, 4.69) is 33.2 Å². The predicted octanol–water partition coefficient (Wildman–Crippen LogP) is 3.07. The largest absolute Gasteiger partial charge is 0.438 e. The number of hydrogen-bond donors (Lipinski definition) is 1. The van der Waals surface area contributed by atoms with E-state index in [1.54, 1.807) is 18.3 Å². The van der Waals surface area contributed by atoms with Crippen molar-refractivity contribution in [2.24, 2.45) is 0 Å². The van der Waals surface area contributed by atoms with E-state index in [0.29, 0.717) is 36.3 Å². The smallest absolute Gasteiger partial charge is 0.259 e. The number of benzene rings is 1. The molecule has 0 saturated carbocycles. The second-order valence-corrected chi connectivity index (χ2v) is 6.44. The molecular weight excluding hydrogens is 358 g/mol. The molecule has 1 atom stereocenters. The van der Waals surface area contributed by atoms with Crippen LogP contribution in [0.15, 0.2) is 47.1 Å². The molecule has 1 N–H and O–H groups in total. The number of nitrogens with one attached hydrogen (secondary N) is 1. The highest BCUT2D eigenvalue weighted by atomic mass is 79.9. The molecule has 0 radical (unpaired) electrons. The van der Waals surface area contributed by atoms with E-state index in [9.17, 15) is 4.79 Å². The standard InChI is InChI=1S/C17H18BrN3O2/c1-12-11-21(9-8-19-12)17(22)15-6-3-7-20-16(15)23-14-5-2-4-13(18)10-14/h2-7,10,12,19H,8-9,11H2,1H3. The molecule has 1 unspecified atom stereocenters. The molecule has 1 saturated heterocycles. The Balaban J connectivity index is 1.84. The van der Waals surface area contributed by atoms with Crippen molar-refractivity contribution in [3.05, 3.63) is 52.6 Å². The number of amides is 1. The lowest BCUT2D eigenvalue weighted by atomic mass is 10.2. The highest BCUT2D eigenvalue weighted by Gasteiger charge is 2.24. The lowest BCUT2D eigenvalue weighted by molar-refractivity contribution is 0.0705. The third-order valence-corrected chi connectivity index (χ3v) is 4.16. The van der Waals surface area contributed by atoms with Gasteiger partial charge in [0, 0.05) is 36.3 Å². The maximum atomic E-state index is 12.8. The number of nitrogens with zero attached hydrogens (tertiary/aromatic N) is 2. The Labute approximate surface area is 143 Å². The zero-order valence-corrected chi connectivity index (χ0v) is 14.4. The highest BCUT2D eigenvalue weighted by molar-refractivity contribution is 9.10. The first-order chi connectivity index (χ1) is 11.1. The van der Waals surface area contributed by atoms with E-state index in [1.807, 2.05) is 29.2 Å². The minimum Gasteiger partial charge on any atom is -0.438 e. The number of rotatable bonds is 3. The fourth-order valence-corrected chi connectivity index (χ4v) is 2.94. The molecule has 1 aromatic heterocycles. The molecule has 1 fully saturated rings. The normalized spacial score (nSPS) is 17.8. The number of piperazine rings is 1. The molecule has 23 heavy (non-hydrogen) atoms. The zero-order valence-electron chi connectivity index (χ0n) is 12.8. The van der Waals surface area contributed by atoms with Gasteiger partial charge in [-0.2, -0.15) is 0 Å². The molecule has 0 spiro atoms. The number of aromatic nitrogens is 1. The van der Waals surface area contributed by atoms with E-state index < -0.39 is 0 Å². The van der Waals surface area contributed by atoms with Gasteiger partial charge in [-0.25, -0.2) is 4.98 Å². The summed E-state index contributed by atoms with van der Waals surface area (Å²) >= 11 is 3.41. The fraction of sp³-hybridized carbons (Fsp3) is 0.294.